The van der Waals surface area contributed by atoms with E-state index in [1.807, 2.05) is 6.08 Å². The molecule has 0 amide bonds. The molecule has 1 aromatic rings. The van der Waals surface area contributed by atoms with E-state index < -0.39 is 0 Å². The quantitative estimate of drug-likeness (QED) is 0.660. The van der Waals surface area contributed by atoms with Gasteiger partial charge in [-0.25, -0.2) is 9.97 Å². The van der Waals surface area contributed by atoms with Gasteiger partial charge >= 0.3 is 0 Å². The van der Waals surface area contributed by atoms with Gasteiger partial charge in [0.2, 0.25) is 5.78 Å². The van der Waals surface area contributed by atoms with Crippen molar-refractivity contribution in [2.24, 2.45) is 0 Å². The summed E-state index contributed by atoms with van der Waals surface area (Å²) in [6, 6.07) is 0. The number of nitrogens with zero attached hydrogens (tertiary/aromatic N) is 2. The summed E-state index contributed by atoms with van der Waals surface area (Å²) in [5.74, 6) is 0.288. The molecule has 0 radical (unpaired) electrons. The molecule has 4 nitrogen and oxygen atoms in total. The van der Waals surface area contributed by atoms with Crippen molar-refractivity contribution in [1.82, 2.24) is 9.97 Å². The van der Waals surface area contributed by atoms with Crippen LogP contribution in [0, 0.1) is 0 Å². The van der Waals surface area contributed by atoms with Crippen LogP contribution in [-0.2, 0) is 4.74 Å². The first-order chi connectivity index (χ1) is 6.88. The average molecular weight is 190 g/mol. The lowest BCUT2D eigenvalue weighted by atomic mass is 10.1. The van der Waals surface area contributed by atoms with Gasteiger partial charge in [-0.2, -0.15) is 0 Å². The summed E-state index contributed by atoms with van der Waals surface area (Å²) >= 11 is 0. The Bertz CT molecular complexity index is 360. The minimum Gasteiger partial charge on any atom is -0.490 e. The molecule has 0 aliphatic carbocycles. The minimum absolute atomic E-state index is 0.134. The number of hydrogen-bond acceptors (Lipinski definition) is 4. The second-order valence-corrected chi connectivity index (χ2v) is 3.02. The van der Waals surface area contributed by atoms with E-state index in [1.165, 1.54) is 18.7 Å². The maximum absolute atomic E-state index is 11.7. The van der Waals surface area contributed by atoms with E-state index >= 15 is 0 Å². The van der Waals surface area contributed by atoms with E-state index in [0.717, 1.165) is 12.8 Å². The lowest BCUT2D eigenvalue weighted by Gasteiger charge is -2.13. The van der Waals surface area contributed by atoms with Gasteiger partial charge in [0.25, 0.3) is 0 Å². The molecule has 0 bridgehead atoms. The van der Waals surface area contributed by atoms with E-state index in [4.69, 9.17) is 4.74 Å². The highest BCUT2D eigenvalue weighted by molar-refractivity contribution is 6.06. The van der Waals surface area contributed by atoms with Gasteiger partial charge in [0.15, 0.2) is 5.76 Å². The van der Waals surface area contributed by atoms with Crippen molar-refractivity contribution in [3.8, 4) is 0 Å². The van der Waals surface area contributed by atoms with Gasteiger partial charge < -0.3 is 4.74 Å². The van der Waals surface area contributed by atoms with Gasteiger partial charge in [-0.15, -0.1) is 0 Å². The first kappa shape index (κ1) is 8.87. The maximum atomic E-state index is 11.7. The van der Waals surface area contributed by atoms with Gasteiger partial charge in [-0.05, 0) is 18.9 Å². The standard InChI is InChI=1S/C10H10N2O2/c13-10(8-5-11-7-12-6-8)9-3-1-2-4-14-9/h3,5-7H,1-2,4H2. The van der Waals surface area contributed by atoms with Crippen LogP contribution in [-0.4, -0.2) is 22.4 Å². The third-order valence-electron chi connectivity index (χ3n) is 1.98. The molecule has 72 valence electrons. The Hall–Kier alpha value is -1.71. The fourth-order valence-corrected chi connectivity index (χ4v) is 1.27. The number of aromatic nitrogens is 2. The summed E-state index contributed by atoms with van der Waals surface area (Å²) in [6.07, 6.45) is 8.07. The van der Waals surface area contributed by atoms with Crippen molar-refractivity contribution in [2.45, 2.75) is 12.8 Å². The van der Waals surface area contributed by atoms with Gasteiger partial charge in [0.1, 0.15) is 6.33 Å². The lowest BCUT2D eigenvalue weighted by Crippen LogP contribution is -2.11. The molecule has 0 aromatic carbocycles. The molecule has 0 unspecified atom stereocenters. The molecule has 1 aliphatic rings. The molecule has 0 N–H and O–H groups in total. The first-order valence-electron chi connectivity index (χ1n) is 4.50. The lowest BCUT2D eigenvalue weighted by molar-refractivity contribution is 0.0898. The molecule has 14 heavy (non-hydrogen) atoms. The van der Waals surface area contributed by atoms with Crippen LogP contribution in [0.4, 0.5) is 0 Å². The highest BCUT2D eigenvalue weighted by Gasteiger charge is 2.15. The summed E-state index contributed by atoms with van der Waals surface area (Å²) in [5.41, 5.74) is 0.473. The zero-order valence-corrected chi connectivity index (χ0v) is 7.64. The van der Waals surface area contributed by atoms with Crippen molar-refractivity contribution in [3.05, 3.63) is 36.1 Å². The largest absolute Gasteiger partial charge is 0.490 e. The number of carbonyl (C=O) groups excluding carboxylic acids is 1. The number of rotatable bonds is 2. The van der Waals surface area contributed by atoms with Crippen LogP contribution in [0.5, 0.6) is 0 Å². The number of Topliss-reactive ketones (excluding diaryl/α,β-unsaturated/α-hetero) is 1. The molecule has 1 aliphatic heterocycles. The fourth-order valence-electron chi connectivity index (χ4n) is 1.27. The Morgan fingerprint density at radius 2 is 2.14 bits per heavy atom. The van der Waals surface area contributed by atoms with Crippen LogP contribution in [0.15, 0.2) is 30.6 Å². The van der Waals surface area contributed by atoms with E-state index in [2.05, 4.69) is 9.97 Å². The monoisotopic (exact) mass is 190 g/mol. The molecule has 0 fully saturated rings. The Morgan fingerprint density at radius 3 is 2.79 bits per heavy atom. The zero-order chi connectivity index (χ0) is 9.80. The normalized spacial score (nSPS) is 15.6. The highest BCUT2D eigenvalue weighted by Crippen LogP contribution is 2.14. The Kier molecular flexibility index (Phi) is 2.53. The van der Waals surface area contributed by atoms with Crippen molar-refractivity contribution in [1.29, 1.82) is 0 Å². The molecule has 4 heteroatoms. The SMILES string of the molecule is O=C(C1=CCCCO1)c1cncnc1. The summed E-state index contributed by atoms with van der Waals surface area (Å²) in [7, 11) is 0. The second-order valence-electron chi connectivity index (χ2n) is 3.02. The van der Waals surface area contributed by atoms with Gasteiger partial charge in [0, 0.05) is 12.4 Å². The number of ketones is 1. The van der Waals surface area contributed by atoms with Crippen LogP contribution < -0.4 is 0 Å². The predicted octanol–water partition coefficient (Wildman–Crippen LogP) is 1.35. The minimum atomic E-state index is -0.134. The molecule has 2 heterocycles. The maximum Gasteiger partial charge on any atom is 0.230 e. The number of allylic oxidation sites excluding steroid dienone is 2. The summed E-state index contributed by atoms with van der Waals surface area (Å²) in [6.45, 7) is 0.616. The van der Waals surface area contributed by atoms with Crippen LogP contribution in [0.3, 0.4) is 0 Å². The highest BCUT2D eigenvalue weighted by atomic mass is 16.5. The molecular weight excluding hydrogens is 180 g/mol. The molecule has 1 aromatic heterocycles. The third-order valence-corrected chi connectivity index (χ3v) is 1.98. The molecule has 0 atom stereocenters. The van der Waals surface area contributed by atoms with Crippen molar-refractivity contribution < 1.29 is 9.53 Å². The second kappa shape index (κ2) is 4.00. The van der Waals surface area contributed by atoms with Crippen LogP contribution in [0.1, 0.15) is 23.2 Å². The average Bonchev–Trinajstić information content (AvgIpc) is 2.30. The predicted molar refractivity (Wildman–Crippen MR) is 49.6 cm³/mol. The van der Waals surface area contributed by atoms with Crippen molar-refractivity contribution in [3.63, 3.8) is 0 Å². The molecule has 2 rings (SSSR count). The van der Waals surface area contributed by atoms with Crippen LogP contribution in [0.25, 0.3) is 0 Å². The van der Waals surface area contributed by atoms with Gasteiger partial charge in [0.05, 0.1) is 12.2 Å². The Balaban J connectivity index is 2.20. The van der Waals surface area contributed by atoms with E-state index in [1.54, 1.807) is 0 Å². The molecular formula is C10H10N2O2. The molecule has 0 spiro atoms. The Morgan fingerprint density at radius 1 is 1.36 bits per heavy atom. The van der Waals surface area contributed by atoms with Crippen molar-refractivity contribution in [2.75, 3.05) is 6.61 Å². The van der Waals surface area contributed by atoms with Gasteiger partial charge in [-0.3, -0.25) is 4.79 Å². The number of hydrogen-bond donors (Lipinski definition) is 0. The third kappa shape index (κ3) is 1.79. The number of carbonyl (C=O) groups is 1. The fraction of sp³-hybridized carbons (Fsp3) is 0.300. The van der Waals surface area contributed by atoms with E-state index in [0.29, 0.717) is 17.9 Å². The summed E-state index contributed by atoms with van der Waals surface area (Å²) in [5, 5.41) is 0. The van der Waals surface area contributed by atoms with E-state index in [9.17, 15) is 4.79 Å². The van der Waals surface area contributed by atoms with Gasteiger partial charge in [-0.1, -0.05) is 0 Å². The van der Waals surface area contributed by atoms with Crippen LogP contribution in [0.2, 0.25) is 0 Å². The molecule has 0 saturated heterocycles. The Labute approximate surface area is 81.6 Å². The number of ether oxygens (including phenoxy) is 1. The summed E-state index contributed by atoms with van der Waals surface area (Å²) < 4.78 is 5.25. The topological polar surface area (TPSA) is 52.1 Å². The zero-order valence-electron chi connectivity index (χ0n) is 7.64. The summed E-state index contributed by atoms with van der Waals surface area (Å²) in [4.78, 5) is 19.3. The first-order valence-corrected chi connectivity index (χ1v) is 4.50. The van der Waals surface area contributed by atoms with Crippen LogP contribution >= 0.6 is 0 Å². The smallest absolute Gasteiger partial charge is 0.230 e. The van der Waals surface area contributed by atoms with Crippen molar-refractivity contribution >= 4 is 5.78 Å². The van der Waals surface area contributed by atoms with E-state index in [-0.39, 0.29) is 5.78 Å². The molecule has 0 saturated carbocycles.